The van der Waals surface area contributed by atoms with Crippen molar-refractivity contribution in [2.45, 2.75) is 131 Å². The van der Waals surface area contributed by atoms with Crippen LogP contribution in [0.5, 0.6) is 0 Å². The first-order valence-corrected chi connectivity index (χ1v) is 13.3. The van der Waals surface area contributed by atoms with Crippen LogP contribution in [0.2, 0.25) is 0 Å². The Hall–Kier alpha value is -0.160. The third-order valence-corrected chi connectivity index (χ3v) is 5.62. The molecule has 0 heterocycles. The van der Waals surface area contributed by atoms with Gasteiger partial charge in [-0.1, -0.05) is 79.1 Å². The third-order valence-electron chi connectivity index (χ3n) is 5.62. The molecule has 0 fully saturated rings. The molecule has 0 aliphatic heterocycles. The fourth-order valence-electron chi connectivity index (χ4n) is 3.43. The van der Waals surface area contributed by atoms with Crippen LogP contribution in [0.25, 0.3) is 0 Å². The average molecular weight is 445 g/mol. The summed E-state index contributed by atoms with van der Waals surface area (Å²) in [5.41, 5.74) is 0. The minimum atomic E-state index is 0.0703. The highest BCUT2D eigenvalue weighted by atomic mass is 16.6. The number of unbranched alkanes of at least 4 members (excludes halogenated alkanes) is 6. The van der Waals surface area contributed by atoms with E-state index in [-0.39, 0.29) is 18.3 Å². The first-order valence-electron chi connectivity index (χ1n) is 13.3. The van der Waals surface area contributed by atoms with Crippen molar-refractivity contribution in [2.24, 2.45) is 11.8 Å². The molecule has 0 aliphatic carbocycles. The molecule has 0 radical (unpaired) electrons. The van der Waals surface area contributed by atoms with Crippen molar-refractivity contribution in [2.75, 3.05) is 33.0 Å². The molecule has 0 aromatic carbocycles. The molecule has 0 rings (SSSR count). The molecule has 4 nitrogen and oxygen atoms in total. The van der Waals surface area contributed by atoms with Crippen LogP contribution in [0.4, 0.5) is 0 Å². The maximum Gasteiger partial charge on any atom is 0.0781 e. The van der Waals surface area contributed by atoms with Gasteiger partial charge in [0, 0.05) is 13.2 Å². The van der Waals surface area contributed by atoms with Crippen molar-refractivity contribution >= 4 is 0 Å². The van der Waals surface area contributed by atoms with Gasteiger partial charge in [0.25, 0.3) is 0 Å². The van der Waals surface area contributed by atoms with E-state index in [0.717, 1.165) is 25.6 Å². The number of hydrogen-bond acceptors (Lipinski definition) is 4. The van der Waals surface area contributed by atoms with Crippen LogP contribution in [0.3, 0.4) is 0 Å². The molecule has 0 aromatic rings. The molecule has 0 N–H and O–H groups in total. The average Bonchev–Trinajstić information content (AvgIpc) is 2.73. The van der Waals surface area contributed by atoms with Crippen LogP contribution < -0.4 is 0 Å². The molecule has 188 valence electrons. The molecule has 0 bridgehead atoms. The van der Waals surface area contributed by atoms with Gasteiger partial charge in [0.2, 0.25) is 0 Å². The van der Waals surface area contributed by atoms with Crippen LogP contribution in [0.15, 0.2) is 0 Å². The Kier molecular flexibility index (Phi) is 21.6. The van der Waals surface area contributed by atoms with Gasteiger partial charge < -0.3 is 18.9 Å². The Bertz CT molecular complexity index is 361. The summed E-state index contributed by atoms with van der Waals surface area (Å²) in [4.78, 5) is 0. The van der Waals surface area contributed by atoms with E-state index < -0.39 is 0 Å². The number of hydrogen-bond donors (Lipinski definition) is 0. The summed E-state index contributed by atoms with van der Waals surface area (Å²) >= 11 is 0. The molecule has 0 aromatic heterocycles. The third kappa shape index (κ3) is 22.8. The predicted octanol–water partition coefficient (Wildman–Crippen LogP) is 7.43. The van der Waals surface area contributed by atoms with E-state index in [2.05, 4.69) is 48.5 Å². The lowest BCUT2D eigenvalue weighted by Crippen LogP contribution is -2.27. The zero-order valence-electron chi connectivity index (χ0n) is 22.1. The van der Waals surface area contributed by atoms with Gasteiger partial charge in [-0.2, -0.15) is 0 Å². The van der Waals surface area contributed by atoms with Crippen LogP contribution in [-0.4, -0.2) is 51.3 Å². The quantitative estimate of drug-likeness (QED) is 0.154. The highest BCUT2D eigenvalue weighted by molar-refractivity contribution is 4.58. The summed E-state index contributed by atoms with van der Waals surface area (Å²) in [6.07, 6.45) is 13.3. The lowest BCUT2D eigenvalue weighted by atomic mass is 10.0. The fourth-order valence-corrected chi connectivity index (χ4v) is 3.43. The van der Waals surface area contributed by atoms with Crippen molar-refractivity contribution in [1.82, 2.24) is 0 Å². The Morgan fingerprint density at radius 3 is 1.65 bits per heavy atom. The Morgan fingerprint density at radius 1 is 0.516 bits per heavy atom. The molecule has 4 heteroatoms. The van der Waals surface area contributed by atoms with Crippen LogP contribution in [0, 0.1) is 11.8 Å². The molecular weight excluding hydrogens is 388 g/mol. The maximum atomic E-state index is 5.96. The second-order valence-corrected chi connectivity index (χ2v) is 10.1. The largest absolute Gasteiger partial charge is 0.379 e. The van der Waals surface area contributed by atoms with E-state index in [1.54, 1.807) is 0 Å². The highest BCUT2D eigenvalue weighted by Gasteiger charge is 2.11. The van der Waals surface area contributed by atoms with Gasteiger partial charge in [-0.05, 0) is 45.4 Å². The highest BCUT2D eigenvalue weighted by Crippen LogP contribution is 2.12. The fraction of sp³-hybridized carbons (Fsp3) is 1.00. The molecule has 0 spiro atoms. The standard InChI is InChI=1S/C27H56O4/c1-8-9-10-14-17-24(4)19-29-26(6)21-31-27(7)22-30-25(5)20-28-18-15-12-11-13-16-23(2)3/h23-27H,8-22H2,1-7H3. The molecular formula is C27H56O4. The summed E-state index contributed by atoms with van der Waals surface area (Å²) in [7, 11) is 0. The van der Waals surface area contributed by atoms with Gasteiger partial charge in [-0.3, -0.25) is 0 Å². The summed E-state index contributed by atoms with van der Waals surface area (Å²) in [5.74, 6) is 1.45. The van der Waals surface area contributed by atoms with E-state index in [9.17, 15) is 0 Å². The van der Waals surface area contributed by atoms with Crippen LogP contribution in [-0.2, 0) is 18.9 Å². The Morgan fingerprint density at radius 2 is 1.03 bits per heavy atom. The first kappa shape index (κ1) is 30.8. The van der Waals surface area contributed by atoms with E-state index in [4.69, 9.17) is 18.9 Å². The van der Waals surface area contributed by atoms with E-state index >= 15 is 0 Å². The molecule has 0 aliphatic rings. The minimum Gasteiger partial charge on any atom is -0.379 e. The van der Waals surface area contributed by atoms with Crippen LogP contribution >= 0.6 is 0 Å². The summed E-state index contributed by atoms with van der Waals surface area (Å²) in [6, 6.07) is 0. The second kappa shape index (κ2) is 21.7. The van der Waals surface area contributed by atoms with Gasteiger partial charge in [0.05, 0.1) is 38.1 Å². The van der Waals surface area contributed by atoms with Crippen LogP contribution in [0.1, 0.15) is 113 Å². The lowest BCUT2D eigenvalue weighted by Gasteiger charge is -2.21. The molecule has 31 heavy (non-hydrogen) atoms. The zero-order valence-corrected chi connectivity index (χ0v) is 22.1. The summed E-state index contributed by atoms with van der Waals surface area (Å²) in [6.45, 7) is 18.9. The molecule has 4 atom stereocenters. The topological polar surface area (TPSA) is 36.9 Å². The van der Waals surface area contributed by atoms with E-state index in [1.165, 1.54) is 57.8 Å². The maximum absolute atomic E-state index is 5.96. The predicted molar refractivity (Wildman–Crippen MR) is 133 cm³/mol. The van der Waals surface area contributed by atoms with Gasteiger partial charge in [-0.25, -0.2) is 0 Å². The Labute approximate surface area is 195 Å². The van der Waals surface area contributed by atoms with Crippen molar-refractivity contribution < 1.29 is 18.9 Å². The van der Waals surface area contributed by atoms with Crippen molar-refractivity contribution in [3.8, 4) is 0 Å². The number of rotatable bonds is 23. The van der Waals surface area contributed by atoms with E-state index in [0.29, 0.717) is 25.7 Å². The molecule has 0 saturated heterocycles. The van der Waals surface area contributed by atoms with Crippen molar-refractivity contribution in [3.05, 3.63) is 0 Å². The minimum absolute atomic E-state index is 0.0703. The second-order valence-electron chi connectivity index (χ2n) is 10.1. The Balaban J connectivity index is 3.56. The molecule has 4 unspecified atom stereocenters. The van der Waals surface area contributed by atoms with E-state index in [1.807, 2.05) is 0 Å². The first-order chi connectivity index (χ1) is 14.8. The SMILES string of the molecule is CCCCCCC(C)COC(C)COC(C)COC(C)COCCCCCCC(C)C. The monoisotopic (exact) mass is 444 g/mol. The van der Waals surface area contributed by atoms with Gasteiger partial charge in [0.15, 0.2) is 0 Å². The zero-order chi connectivity index (χ0) is 23.3. The molecule has 0 amide bonds. The van der Waals surface area contributed by atoms with Gasteiger partial charge in [0.1, 0.15) is 0 Å². The van der Waals surface area contributed by atoms with Crippen molar-refractivity contribution in [1.29, 1.82) is 0 Å². The van der Waals surface area contributed by atoms with Gasteiger partial charge in [-0.15, -0.1) is 0 Å². The normalized spacial score (nSPS) is 15.9. The summed E-state index contributed by atoms with van der Waals surface area (Å²) in [5, 5.41) is 0. The number of ether oxygens (including phenoxy) is 4. The van der Waals surface area contributed by atoms with Gasteiger partial charge >= 0.3 is 0 Å². The lowest BCUT2D eigenvalue weighted by molar-refractivity contribution is -0.0827. The molecule has 0 saturated carbocycles. The smallest absolute Gasteiger partial charge is 0.0781 e. The summed E-state index contributed by atoms with van der Waals surface area (Å²) < 4.78 is 23.5. The van der Waals surface area contributed by atoms with Crippen molar-refractivity contribution in [3.63, 3.8) is 0 Å².